The second-order valence-corrected chi connectivity index (χ2v) is 9.83. The zero-order valence-corrected chi connectivity index (χ0v) is 21.7. The molecule has 0 aromatic heterocycles. The van der Waals surface area contributed by atoms with E-state index >= 15 is 0 Å². The summed E-state index contributed by atoms with van der Waals surface area (Å²) in [5.74, 6) is -0.338. The third-order valence-electron chi connectivity index (χ3n) is 5.49. The van der Waals surface area contributed by atoms with Gasteiger partial charge in [0.15, 0.2) is 11.5 Å². The van der Waals surface area contributed by atoms with Gasteiger partial charge in [0.05, 0.1) is 28.6 Å². The molecule has 0 N–H and O–H groups in total. The van der Waals surface area contributed by atoms with Crippen molar-refractivity contribution in [2.24, 2.45) is 0 Å². The number of carbonyl (C=O) groups is 3. The standard InChI is InChI=1S/C27H22BrNO5S/c1-16-8-10-19(11-9-16)26(31)34-24-21(28)12-18(13-22(24)33-3)14-23-25(30)29(27(32)35-23)15-20-7-5-4-6-17(20)2/h4-14H,15H2,1-3H3/b23-14-. The molecule has 2 amide bonds. The minimum absolute atomic E-state index is 0.218. The van der Waals surface area contributed by atoms with Crippen molar-refractivity contribution in [2.75, 3.05) is 7.11 Å². The Morgan fingerprint density at radius 1 is 1.06 bits per heavy atom. The SMILES string of the molecule is COc1cc(/C=C2\SC(=O)N(Cc3ccccc3C)C2=O)cc(Br)c1OC(=O)c1ccc(C)cc1. The van der Waals surface area contributed by atoms with Crippen molar-refractivity contribution >= 4 is 50.9 Å². The lowest BCUT2D eigenvalue weighted by Crippen LogP contribution is -2.27. The fourth-order valence-corrected chi connectivity index (χ4v) is 4.89. The Hall–Kier alpha value is -3.36. The number of carbonyl (C=O) groups excluding carboxylic acids is 3. The Balaban J connectivity index is 1.57. The van der Waals surface area contributed by atoms with Crippen LogP contribution < -0.4 is 9.47 Å². The molecule has 0 atom stereocenters. The highest BCUT2D eigenvalue weighted by Gasteiger charge is 2.35. The number of rotatable bonds is 6. The number of halogens is 1. The molecule has 1 saturated heterocycles. The average Bonchev–Trinajstić information content (AvgIpc) is 3.09. The number of aryl methyl sites for hydroxylation is 2. The van der Waals surface area contributed by atoms with Gasteiger partial charge in [0.25, 0.3) is 11.1 Å². The molecule has 4 rings (SSSR count). The van der Waals surface area contributed by atoms with Crippen LogP contribution in [0, 0.1) is 13.8 Å². The van der Waals surface area contributed by atoms with E-state index in [1.54, 1.807) is 30.3 Å². The Morgan fingerprint density at radius 2 is 1.77 bits per heavy atom. The lowest BCUT2D eigenvalue weighted by molar-refractivity contribution is -0.123. The van der Waals surface area contributed by atoms with Crippen LogP contribution in [-0.2, 0) is 11.3 Å². The molecule has 3 aromatic carbocycles. The first-order chi connectivity index (χ1) is 16.8. The highest BCUT2D eigenvalue weighted by Crippen LogP contribution is 2.39. The minimum Gasteiger partial charge on any atom is -0.493 e. The van der Waals surface area contributed by atoms with E-state index in [-0.39, 0.29) is 23.4 Å². The van der Waals surface area contributed by atoms with E-state index in [0.29, 0.717) is 26.3 Å². The Kier molecular flexibility index (Phi) is 7.42. The van der Waals surface area contributed by atoms with Gasteiger partial charge >= 0.3 is 5.97 Å². The van der Waals surface area contributed by atoms with Crippen molar-refractivity contribution in [3.8, 4) is 11.5 Å². The van der Waals surface area contributed by atoms with Gasteiger partial charge in [-0.25, -0.2) is 4.79 Å². The monoisotopic (exact) mass is 551 g/mol. The van der Waals surface area contributed by atoms with Gasteiger partial charge in [-0.05, 0) is 88.6 Å². The molecule has 0 bridgehead atoms. The summed E-state index contributed by atoms with van der Waals surface area (Å²) in [6.07, 6.45) is 1.63. The largest absolute Gasteiger partial charge is 0.493 e. The topological polar surface area (TPSA) is 72.9 Å². The van der Waals surface area contributed by atoms with E-state index in [1.807, 2.05) is 50.2 Å². The number of hydrogen-bond donors (Lipinski definition) is 0. The van der Waals surface area contributed by atoms with Gasteiger partial charge in [-0.2, -0.15) is 0 Å². The van der Waals surface area contributed by atoms with Crippen molar-refractivity contribution in [3.05, 3.63) is 97.9 Å². The molecule has 0 aliphatic carbocycles. The second-order valence-electron chi connectivity index (χ2n) is 7.98. The van der Waals surface area contributed by atoms with E-state index in [2.05, 4.69) is 15.9 Å². The number of ether oxygens (including phenoxy) is 2. The van der Waals surface area contributed by atoms with Crippen molar-refractivity contribution in [1.29, 1.82) is 0 Å². The Morgan fingerprint density at radius 3 is 2.46 bits per heavy atom. The normalized spacial score (nSPS) is 14.5. The van der Waals surface area contributed by atoms with Gasteiger partial charge in [-0.1, -0.05) is 42.0 Å². The van der Waals surface area contributed by atoms with Crippen LogP contribution in [0.15, 0.2) is 70.0 Å². The molecule has 0 spiro atoms. The smallest absolute Gasteiger partial charge is 0.343 e. The molecule has 178 valence electrons. The number of esters is 1. The van der Waals surface area contributed by atoms with E-state index in [0.717, 1.165) is 28.5 Å². The summed E-state index contributed by atoms with van der Waals surface area (Å²) in [5, 5.41) is -0.320. The van der Waals surface area contributed by atoms with Crippen molar-refractivity contribution in [1.82, 2.24) is 4.90 Å². The van der Waals surface area contributed by atoms with Gasteiger partial charge in [0.1, 0.15) is 0 Å². The van der Waals surface area contributed by atoms with Gasteiger partial charge in [-0.3, -0.25) is 14.5 Å². The van der Waals surface area contributed by atoms with E-state index in [1.165, 1.54) is 12.0 Å². The van der Waals surface area contributed by atoms with Crippen molar-refractivity contribution < 1.29 is 23.9 Å². The highest BCUT2D eigenvalue weighted by atomic mass is 79.9. The van der Waals surface area contributed by atoms with Crippen LogP contribution in [0.3, 0.4) is 0 Å². The first kappa shape index (κ1) is 24.8. The molecular weight excluding hydrogens is 530 g/mol. The molecule has 0 saturated carbocycles. The third kappa shape index (κ3) is 5.49. The summed E-state index contributed by atoms with van der Waals surface area (Å²) in [5.41, 5.74) is 3.99. The molecule has 3 aromatic rings. The first-order valence-corrected chi connectivity index (χ1v) is 12.3. The molecular formula is C27H22BrNO5S. The van der Waals surface area contributed by atoms with Crippen LogP contribution in [0.4, 0.5) is 4.79 Å². The molecule has 1 fully saturated rings. The van der Waals surface area contributed by atoms with Crippen molar-refractivity contribution in [2.45, 2.75) is 20.4 Å². The Labute approximate surface area is 216 Å². The summed E-state index contributed by atoms with van der Waals surface area (Å²) in [4.78, 5) is 39.7. The lowest BCUT2D eigenvalue weighted by atomic mass is 10.1. The van der Waals surface area contributed by atoms with E-state index < -0.39 is 5.97 Å². The summed E-state index contributed by atoms with van der Waals surface area (Å²) < 4.78 is 11.5. The number of benzene rings is 3. The fraction of sp³-hybridized carbons (Fsp3) is 0.148. The zero-order valence-electron chi connectivity index (χ0n) is 19.3. The molecule has 0 unspecified atom stereocenters. The maximum absolute atomic E-state index is 13.0. The maximum atomic E-state index is 13.0. The van der Waals surface area contributed by atoms with Crippen LogP contribution >= 0.6 is 27.7 Å². The van der Waals surface area contributed by atoms with Crippen LogP contribution in [0.5, 0.6) is 11.5 Å². The second kappa shape index (κ2) is 10.5. The minimum atomic E-state index is -0.519. The zero-order chi connectivity index (χ0) is 25.1. The quantitative estimate of drug-likeness (QED) is 0.197. The predicted molar refractivity (Wildman–Crippen MR) is 140 cm³/mol. The average molecular weight is 552 g/mol. The molecule has 6 nitrogen and oxygen atoms in total. The summed E-state index contributed by atoms with van der Waals surface area (Å²) in [6, 6.07) is 18.1. The van der Waals surface area contributed by atoms with Crippen LogP contribution in [0.2, 0.25) is 0 Å². The van der Waals surface area contributed by atoms with Crippen molar-refractivity contribution in [3.63, 3.8) is 0 Å². The molecule has 35 heavy (non-hydrogen) atoms. The first-order valence-electron chi connectivity index (χ1n) is 10.7. The molecule has 0 radical (unpaired) electrons. The molecule has 1 heterocycles. The molecule has 1 aliphatic rings. The maximum Gasteiger partial charge on any atom is 0.343 e. The Bertz CT molecular complexity index is 1350. The summed E-state index contributed by atoms with van der Waals surface area (Å²) in [6.45, 7) is 4.10. The lowest BCUT2D eigenvalue weighted by Gasteiger charge is -2.14. The number of amides is 2. The third-order valence-corrected chi connectivity index (χ3v) is 6.99. The summed E-state index contributed by atoms with van der Waals surface area (Å²) >= 11 is 4.33. The van der Waals surface area contributed by atoms with Gasteiger partial charge < -0.3 is 9.47 Å². The van der Waals surface area contributed by atoms with Crippen LogP contribution in [0.25, 0.3) is 6.08 Å². The predicted octanol–water partition coefficient (Wildman–Crippen LogP) is 6.53. The molecule has 8 heteroatoms. The van der Waals surface area contributed by atoms with Crippen LogP contribution in [0.1, 0.15) is 32.6 Å². The van der Waals surface area contributed by atoms with E-state index in [4.69, 9.17) is 9.47 Å². The fourth-order valence-electron chi connectivity index (χ4n) is 3.51. The highest BCUT2D eigenvalue weighted by molar-refractivity contribution is 9.10. The van der Waals surface area contributed by atoms with Gasteiger partial charge in [-0.15, -0.1) is 0 Å². The van der Waals surface area contributed by atoms with Crippen LogP contribution in [-0.4, -0.2) is 29.1 Å². The number of imide groups is 1. The molecule has 1 aliphatic heterocycles. The van der Waals surface area contributed by atoms with E-state index in [9.17, 15) is 14.4 Å². The number of hydrogen-bond acceptors (Lipinski definition) is 6. The summed E-state index contributed by atoms with van der Waals surface area (Å²) in [7, 11) is 1.46. The number of methoxy groups -OCH3 is 1. The van der Waals surface area contributed by atoms with Gasteiger partial charge in [0, 0.05) is 0 Å². The number of nitrogens with zero attached hydrogens (tertiary/aromatic N) is 1. The van der Waals surface area contributed by atoms with Gasteiger partial charge in [0.2, 0.25) is 0 Å². The number of thioether (sulfide) groups is 1.